The van der Waals surface area contributed by atoms with E-state index in [1.807, 2.05) is 36.4 Å². The second-order valence-corrected chi connectivity index (χ2v) is 7.70. The van der Waals surface area contributed by atoms with Crippen molar-refractivity contribution >= 4 is 27.7 Å². The number of nitrogens with zero attached hydrogens (tertiary/aromatic N) is 3. The molecule has 0 bridgehead atoms. The van der Waals surface area contributed by atoms with Gasteiger partial charge in [0.1, 0.15) is 0 Å². The van der Waals surface area contributed by atoms with Crippen LogP contribution in [-0.4, -0.2) is 25.6 Å². The Bertz CT molecular complexity index is 865. The van der Waals surface area contributed by atoms with Gasteiger partial charge in [0, 0.05) is 22.3 Å². The highest BCUT2D eigenvalue weighted by Crippen LogP contribution is 2.28. The number of benzene rings is 2. The van der Waals surface area contributed by atoms with Crippen molar-refractivity contribution in [3.8, 4) is 11.4 Å². The molecule has 1 heterocycles. The molecule has 1 unspecified atom stereocenters. The van der Waals surface area contributed by atoms with Crippen molar-refractivity contribution < 1.29 is 5.11 Å². The second kappa shape index (κ2) is 8.17. The van der Waals surface area contributed by atoms with Gasteiger partial charge in [-0.25, -0.2) is 0 Å². The van der Waals surface area contributed by atoms with Crippen molar-refractivity contribution in [3.05, 3.63) is 64.1 Å². The smallest absolute Gasteiger partial charge is 0.191 e. The third kappa shape index (κ3) is 4.32. The molecule has 1 atom stereocenters. The van der Waals surface area contributed by atoms with Crippen molar-refractivity contribution in [3.63, 3.8) is 0 Å². The van der Waals surface area contributed by atoms with Gasteiger partial charge in [-0.1, -0.05) is 63.6 Å². The molecular formula is C19H20BrN3OS. The summed E-state index contributed by atoms with van der Waals surface area (Å²) in [6.45, 7) is 4.93. The summed E-state index contributed by atoms with van der Waals surface area (Å²) >= 11 is 4.96. The van der Waals surface area contributed by atoms with Gasteiger partial charge in [-0.2, -0.15) is 0 Å². The lowest BCUT2D eigenvalue weighted by molar-refractivity contribution is 0.204. The number of halogens is 1. The summed E-state index contributed by atoms with van der Waals surface area (Å²) in [5, 5.41) is 20.0. The standard InChI is InChI=1S/C19H20BrN3OS/c1-3-23-18(15-8-4-6-13(2)10-15)21-22-19(23)25-12-17(24)14-7-5-9-16(20)11-14/h4-11,17,24H,3,12H2,1-2H3. The van der Waals surface area contributed by atoms with Crippen LogP contribution in [0.5, 0.6) is 0 Å². The molecule has 1 N–H and O–H groups in total. The number of hydrogen-bond donors (Lipinski definition) is 1. The molecule has 0 aliphatic heterocycles. The molecule has 25 heavy (non-hydrogen) atoms. The fourth-order valence-corrected chi connectivity index (χ4v) is 4.03. The van der Waals surface area contributed by atoms with Gasteiger partial charge in [0.2, 0.25) is 0 Å². The van der Waals surface area contributed by atoms with Gasteiger partial charge < -0.3 is 9.67 Å². The number of aryl methyl sites for hydroxylation is 1. The van der Waals surface area contributed by atoms with Crippen molar-refractivity contribution in [2.24, 2.45) is 0 Å². The maximum absolute atomic E-state index is 10.4. The van der Waals surface area contributed by atoms with Crippen molar-refractivity contribution in [1.82, 2.24) is 14.8 Å². The molecule has 130 valence electrons. The Morgan fingerprint density at radius 3 is 2.68 bits per heavy atom. The Hall–Kier alpha value is -1.63. The predicted molar refractivity (Wildman–Crippen MR) is 106 cm³/mol. The number of aromatic nitrogens is 3. The molecule has 0 radical (unpaired) electrons. The maximum Gasteiger partial charge on any atom is 0.191 e. The summed E-state index contributed by atoms with van der Waals surface area (Å²) in [6, 6.07) is 16.0. The zero-order valence-electron chi connectivity index (χ0n) is 14.2. The predicted octanol–water partition coefficient (Wildman–Crippen LogP) is 4.86. The molecule has 0 amide bonds. The van der Waals surface area contributed by atoms with Gasteiger partial charge in [0.25, 0.3) is 0 Å². The van der Waals surface area contributed by atoms with E-state index in [1.54, 1.807) is 0 Å². The third-order valence-electron chi connectivity index (χ3n) is 3.91. The normalized spacial score (nSPS) is 12.3. The molecule has 3 rings (SSSR count). The van der Waals surface area contributed by atoms with Crippen LogP contribution in [0.3, 0.4) is 0 Å². The molecule has 0 saturated carbocycles. The van der Waals surface area contributed by atoms with Crippen LogP contribution < -0.4 is 0 Å². The van der Waals surface area contributed by atoms with E-state index in [0.717, 1.165) is 33.1 Å². The number of rotatable bonds is 6. The van der Waals surface area contributed by atoms with E-state index >= 15 is 0 Å². The quantitative estimate of drug-likeness (QED) is 0.581. The molecule has 1 aromatic heterocycles. The zero-order chi connectivity index (χ0) is 17.8. The van der Waals surface area contributed by atoms with E-state index in [1.165, 1.54) is 17.3 Å². The highest BCUT2D eigenvalue weighted by atomic mass is 79.9. The minimum absolute atomic E-state index is 0.530. The first-order valence-corrected chi connectivity index (χ1v) is 9.93. The molecule has 3 aromatic rings. The van der Waals surface area contributed by atoms with Crippen LogP contribution in [0, 0.1) is 6.92 Å². The number of hydrogen-bond acceptors (Lipinski definition) is 4. The van der Waals surface area contributed by atoms with Crippen LogP contribution in [0.1, 0.15) is 24.2 Å². The van der Waals surface area contributed by atoms with Gasteiger partial charge in [-0.3, -0.25) is 0 Å². The lowest BCUT2D eigenvalue weighted by Gasteiger charge is -2.12. The van der Waals surface area contributed by atoms with Crippen LogP contribution in [0.4, 0.5) is 0 Å². The number of aliphatic hydroxyl groups excluding tert-OH is 1. The van der Waals surface area contributed by atoms with Crippen LogP contribution in [0.25, 0.3) is 11.4 Å². The summed E-state index contributed by atoms with van der Waals surface area (Å²) in [6.07, 6.45) is -0.549. The van der Waals surface area contributed by atoms with E-state index < -0.39 is 6.10 Å². The molecule has 6 heteroatoms. The average molecular weight is 418 g/mol. The summed E-state index contributed by atoms with van der Waals surface area (Å²) in [7, 11) is 0. The lowest BCUT2D eigenvalue weighted by atomic mass is 10.1. The Labute approximate surface area is 160 Å². The monoisotopic (exact) mass is 417 g/mol. The maximum atomic E-state index is 10.4. The Morgan fingerprint density at radius 2 is 1.96 bits per heavy atom. The zero-order valence-corrected chi connectivity index (χ0v) is 16.6. The Balaban J connectivity index is 1.77. The molecule has 4 nitrogen and oxygen atoms in total. The Morgan fingerprint density at radius 1 is 1.16 bits per heavy atom. The summed E-state index contributed by atoms with van der Waals surface area (Å²) in [4.78, 5) is 0. The van der Waals surface area contributed by atoms with Gasteiger partial charge in [-0.05, 0) is 37.6 Å². The molecule has 2 aromatic carbocycles. The number of thioether (sulfide) groups is 1. The molecule has 0 aliphatic carbocycles. The Kier molecular flexibility index (Phi) is 5.93. The summed E-state index contributed by atoms with van der Waals surface area (Å²) in [5.41, 5.74) is 3.15. The largest absolute Gasteiger partial charge is 0.388 e. The van der Waals surface area contributed by atoms with Gasteiger partial charge >= 0.3 is 0 Å². The van der Waals surface area contributed by atoms with E-state index in [4.69, 9.17) is 0 Å². The first-order valence-electron chi connectivity index (χ1n) is 8.15. The van der Waals surface area contributed by atoms with Crippen LogP contribution in [0.2, 0.25) is 0 Å². The molecule has 0 fully saturated rings. The SMILES string of the molecule is CCn1c(SCC(O)c2cccc(Br)c2)nnc1-c1cccc(C)c1. The van der Waals surface area contributed by atoms with Crippen LogP contribution in [0.15, 0.2) is 58.2 Å². The number of aliphatic hydroxyl groups is 1. The summed E-state index contributed by atoms with van der Waals surface area (Å²) in [5.74, 6) is 1.40. The molecular weight excluding hydrogens is 398 g/mol. The van der Waals surface area contributed by atoms with Crippen LogP contribution in [-0.2, 0) is 6.54 Å². The topological polar surface area (TPSA) is 50.9 Å². The van der Waals surface area contributed by atoms with E-state index in [2.05, 4.69) is 56.7 Å². The van der Waals surface area contributed by atoms with Gasteiger partial charge in [-0.15, -0.1) is 10.2 Å². The molecule has 0 spiro atoms. The van der Waals surface area contributed by atoms with E-state index in [9.17, 15) is 5.11 Å². The lowest BCUT2D eigenvalue weighted by Crippen LogP contribution is -2.04. The minimum Gasteiger partial charge on any atom is -0.388 e. The molecule has 0 aliphatic rings. The molecule has 0 saturated heterocycles. The fraction of sp³-hybridized carbons (Fsp3) is 0.263. The van der Waals surface area contributed by atoms with Crippen molar-refractivity contribution in [2.45, 2.75) is 31.7 Å². The van der Waals surface area contributed by atoms with Crippen molar-refractivity contribution in [1.29, 1.82) is 0 Å². The average Bonchev–Trinajstić information content (AvgIpc) is 3.02. The van der Waals surface area contributed by atoms with Crippen molar-refractivity contribution in [2.75, 3.05) is 5.75 Å². The van der Waals surface area contributed by atoms with E-state index in [-0.39, 0.29) is 0 Å². The third-order valence-corrected chi connectivity index (χ3v) is 5.45. The van der Waals surface area contributed by atoms with Crippen LogP contribution >= 0.6 is 27.7 Å². The first kappa shape index (κ1) is 18.2. The summed E-state index contributed by atoms with van der Waals surface area (Å²) < 4.78 is 3.06. The minimum atomic E-state index is -0.549. The van der Waals surface area contributed by atoms with Gasteiger partial charge in [0.05, 0.1) is 6.10 Å². The highest BCUT2D eigenvalue weighted by molar-refractivity contribution is 9.10. The highest BCUT2D eigenvalue weighted by Gasteiger charge is 2.16. The van der Waals surface area contributed by atoms with E-state index in [0.29, 0.717) is 5.75 Å². The first-order chi connectivity index (χ1) is 12.1. The second-order valence-electron chi connectivity index (χ2n) is 5.80. The fourth-order valence-electron chi connectivity index (χ4n) is 2.64. The van der Waals surface area contributed by atoms with Gasteiger partial charge in [0.15, 0.2) is 11.0 Å².